The fourth-order valence-corrected chi connectivity index (χ4v) is 6.29. The van der Waals surface area contributed by atoms with Gasteiger partial charge in [0.15, 0.2) is 0 Å². The maximum atomic E-state index is 12.8. The van der Waals surface area contributed by atoms with Crippen LogP contribution in [0, 0.1) is 0 Å². The molecule has 1 N–H and O–H groups in total. The number of H-pyrrole nitrogens is 1. The van der Waals surface area contributed by atoms with Crippen LogP contribution in [0.4, 0.5) is 0 Å². The van der Waals surface area contributed by atoms with Gasteiger partial charge < -0.3 is 9.64 Å². The molecule has 158 valence electrons. The summed E-state index contributed by atoms with van der Waals surface area (Å²) in [6, 6.07) is 12.2. The third-order valence-electron chi connectivity index (χ3n) is 4.84. The quantitative estimate of drug-likeness (QED) is 0.623. The number of hydrogen-bond donors (Lipinski definition) is 1. The molecule has 4 rings (SSSR count). The zero-order valence-electron chi connectivity index (χ0n) is 16.0. The Hall–Kier alpha value is -2.40. The molecule has 3 aromatic rings. The maximum absolute atomic E-state index is 12.8. The van der Waals surface area contributed by atoms with E-state index in [1.54, 1.807) is 24.1 Å². The van der Waals surface area contributed by atoms with E-state index in [4.69, 9.17) is 16.3 Å². The summed E-state index contributed by atoms with van der Waals surface area (Å²) >= 11 is 6.90. The van der Waals surface area contributed by atoms with Crippen molar-refractivity contribution < 1.29 is 17.9 Å². The summed E-state index contributed by atoms with van der Waals surface area (Å²) < 4.78 is 32.7. The standard InChI is InChI=1S/C19H19ClN4O4S2/c1-28-14-4-2-3-13(11-14)15-12-16(22-21-15)19(25)23-7-9-24(10-8-23)30(26,27)18-6-5-17(20)29-18/h2-6,11-12H,7-10H2,1H3,(H,21,22). The highest BCUT2D eigenvalue weighted by atomic mass is 35.5. The maximum Gasteiger partial charge on any atom is 0.271 e. The summed E-state index contributed by atoms with van der Waals surface area (Å²) in [5.74, 6) is 0.487. The van der Waals surface area contributed by atoms with Crippen molar-refractivity contribution >= 4 is 38.9 Å². The summed E-state index contributed by atoms with van der Waals surface area (Å²) in [7, 11) is -2.01. The van der Waals surface area contributed by atoms with Crippen LogP contribution in [0.2, 0.25) is 4.34 Å². The van der Waals surface area contributed by atoms with Crippen molar-refractivity contribution in [3.8, 4) is 17.0 Å². The number of piperazine rings is 1. The lowest BCUT2D eigenvalue weighted by Crippen LogP contribution is -2.50. The van der Waals surface area contributed by atoms with Gasteiger partial charge in [-0.3, -0.25) is 9.89 Å². The molecule has 1 amide bonds. The molecule has 1 fully saturated rings. The number of thiophene rings is 1. The summed E-state index contributed by atoms with van der Waals surface area (Å²) in [6.45, 7) is 1.04. The molecule has 0 unspecified atom stereocenters. The minimum absolute atomic E-state index is 0.212. The summed E-state index contributed by atoms with van der Waals surface area (Å²) in [5.41, 5.74) is 1.82. The molecule has 1 aliphatic heterocycles. The van der Waals surface area contributed by atoms with Crippen LogP contribution in [-0.2, 0) is 10.0 Å². The van der Waals surface area contributed by atoms with Crippen molar-refractivity contribution in [2.75, 3.05) is 33.3 Å². The van der Waals surface area contributed by atoms with Crippen LogP contribution in [0.3, 0.4) is 0 Å². The minimum atomic E-state index is -3.60. The largest absolute Gasteiger partial charge is 0.497 e. The van der Waals surface area contributed by atoms with E-state index in [9.17, 15) is 13.2 Å². The molecule has 1 aliphatic rings. The molecule has 2 aromatic heterocycles. The fraction of sp³-hybridized carbons (Fsp3) is 0.263. The first kappa shape index (κ1) is 20.9. The molecular weight excluding hydrogens is 448 g/mol. The molecule has 0 spiro atoms. The van der Waals surface area contributed by atoms with Gasteiger partial charge in [0, 0.05) is 31.7 Å². The second kappa shape index (κ2) is 8.38. The topological polar surface area (TPSA) is 95.6 Å². The molecule has 0 aliphatic carbocycles. The predicted octanol–water partition coefficient (Wildman–Crippen LogP) is 2.95. The van der Waals surface area contributed by atoms with Crippen molar-refractivity contribution in [2.45, 2.75) is 4.21 Å². The van der Waals surface area contributed by atoms with Gasteiger partial charge in [0.2, 0.25) is 0 Å². The summed E-state index contributed by atoms with van der Waals surface area (Å²) in [6.07, 6.45) is 0. The van der Waals surface area contributed by atoms with E-state index in [0.717, 1.165) is 16.9 Å². The Balaban J connectivity index is 1.43. The van der Waals surface area contributed by atoms with Gasteiger partial charge in [-0.1, -0.05) is 23.7 Å². The molecule has 3 heterocycles. The van der Waals surface area contributed by atoms with Crippen LogP contribution in [0.25, 0.3) is 11.3 Å². The number of carbonyl (C=O) groups excluding carboxylic acids is 1. The number of benzene rings is 1. The molecule has 0 bridgehead atoms. The number of amides is 1. The number of aromatic nitrogens is 2. The first-order valence-electron chi connectivity index (χ1n) is 9.13. The molecule has 30 heavy (non-hydrogen) atoms. The molecule has 1 aromatic carbocycles. The number of methoxy groups -OCH3 is 1. The second-order valence-corrected chi connectivity index (χ2v) is 10.5. The van der Waals surface area contributed by atoms with Gasteiger partial charge in [0.1, 0.15) is 15.7 Å². The number of ether oxygens (including phenoxy) is 1. The third kappa shape index (κ3) is 4.08. The Morgan fingerprint density at radius 2 is 1.93 bits per heavy atom. The first-order valence-corrected chi connectivity index (χ1v) is 11.8. The normalized spacial score (nSPS) is 15.3. The third-order valence-corrected chi connectivity index (χ3v) is 8.44. The lowest BCUT2D eigenvalue weighted by Gasteiger charge is -2.33. The lowest BCUT2D eigenvalue weighted by atomic mass is 10.1. The van der Waals surface area contributed by atoms with E-state index < -0.39 is 10.0 Å². The SMILES string of the molecule is COc1cccc(-c2cc(C(=O)N3CCN(S(=O)(=O)c4ccc(Cl)s4)CC3)[nH]n2)c1. The number of sulfonamides is 1. The van der Waals surface area contributed by atoms with Gasteiger partial charge in [-0.2, -0.15) is 9.40 Å². The molecule has 1 saturated heterocycles. The number of nitrogens with zero attached hydrogens (tertiary/aromatic N) is 3. The van der Waals surface area contributed by atoms with Crippen LogP contribution in [0.15, 0.2) is 46.7 Å². The number of hydrogen-bond acceptors (Lipinski definition) is 6. The van der Waals surface area contributed by atoms with Crippen LogP contribution in [0.1, 0.15) is 10.5 Å². The number of aromatic amines is 1. The van der Waals surface area contributed by atoms with Gasteiger partial charge in [0.25, 0.3) is 15.9 Å². The van der Waals surface area contributed by atoms with Crippen molar-refractivity contribution in [1.29, 1.82) is 0 Å². The van der Waals surface area contributed by atoms with E-state index >= 15 is 0 Å². The Morgan fingerprint density at radius 1 is 1.17 bits per heavy atom. The minimum Gasteiger partial charge on any atom is -0.497 e. The van der Waals surface area contributed by atoms with Crippen molar-refractivity contribution in [3.05, 3.63) is 52.5 Å². The zero-order valence-corrected chi connectivity index (χ0v) is 18.4. The average Bonchev–Trinajstić information content (AvgIpc) is 3.43. The smallest absolute Gasteiger partial charge is 0.271 e. The van der Waals surface area contributed by atoms with Gasteiger partial charge in [0.05, 0.1) is 17.1 Å². The van der Waals surface area contributed by atoms with E-state index in [0.29, 0.717) is 34.6 Å². The van der Waals surface area contributed by atoms with E-state index in [2.05, 4.69) is 10.2 Å². The van der Waals surface area contributed by atoms with E-state index in [1.807, 2.05) is 24.3 Å². The van der Waals surface area contributed by atoms with Crippen molar-refractivity contribution in [1.82, 2.24) is 19.4 Å². The molecular formula is C19H19ClN4O4S2. The number of nitrogens with one attached hydrogen (secondary N) is 1. The average molecular weight is 467 g/mol. The first-order chi connectivity index (χ1) is 14.4. The molecule has 0 saturated carbocycles. The van der Waals surface area contributed by atoms with Crippen LogP contribution in [0.5, 0.6) is 5.75 Å². The van der Waals surface area contributed by atoms with Crippen LogP contribution in [-0.4, -0.2) is 67.0 Å². The molecule has 8 nitrogen and oxygen atoms in total. The highest BCUT2D eigenvalue weighted by Gasteiger charge is 2.31. The summed E-state index contributed by atoms with van der Waals surface area (Å²) in [5, 5.41) is 7.01. The fourth-order valence-electron chi connectivity index (χ4n) is 3.23. The summed E-state index contributed by atoms with van der Waals surface area (Å²) in [4.78, 5) is 14.5. The molecule has 0 atom stereocenters. The Morgan fingerprint density at radius 3 is 2.60 bits per heavy atom. The van der Waals surface area contributed by atoms with Gasteiger partial charge in [-0.25, -0.2) is 8.42 Å². The van der Waals surface area contributed by atoms with Crippen molar-refractivity contribution in [2.24, 2.45) is 0 Å². The predicted molar refractivity (Wildman–Crippen MR) is 115 cm³/mol. The van der Waals surface area contributed by atoms with Gasteiger partial charge in [-0.05, 0) is 30.3 Å². The Kier molecular flexibility index (Phi) is 5.83. The Bertz CT molecular complexity index is 1170. The molecule has 0 radical (unpaired) electrons. The Labute approximate surface area is 183 Å². The highest BCUT2D eigenvalue weighted by molar-refractivity contribution is 7.91. The number of rotatable bonds is 5. The zero-order chi connectivity index (χ0) is 21.3. The highest BCUT2D eigenvalue weighted by Crippen LogP contribution is 2.29. The monoisotopic (exact) mass is 466 g/mol. The van der Waals surface area contributed by atoms with E-state index in [-0.39, 0.29) is 23.2 Å². The van der Waals surface area contributed by atoms with Gasteiger partial charge >= 0.3 is 0 Å². The van der Waals surface area contributed by atoms with Crippen LogP contribution < -0.4 is 4.74 Å². The van der Waals surface area contributed by atoms with Crippen molar-refractivity contribution in [3.63, 3.8) is 0 Å². The van der Waals surface area contributed by atoms with Gasteiger partial charge in [-0.15, -0.1) is 11.3 Å². The molecule has 11 heteroatoms. The second-order valence-electron chi connectivity index (χ2n) is 6.65. The number of halogens is 1. The number of carbonyl (C=O) groups is 1. The van der Waals surface area contributed by atoms with E-state index in [1.165, 1.54) is 10.4 Å². The lowest BCUT2D eigenvalue weighted by molar-refractivity contribution is 0.0692. The van der Waals surface area contributed by atoms with Crippen LogP contribution >= 0.6 is 22.9 Å².